The summed E-state index contributed by atoms with van der Waals surface area (Å²) in [7, 11) is 0. The third-order valence-electron chi connectivity index (χ3n) is 5.09. The molecule has 0 aliphatic heterocycles. The van der Waals surface area contributed by atoms with E-state index < -0.39 is 0 Å². The van der Waals surface area contributed by atoms with E-state index >= 15 is 0 Å². The smallest absolute Gasteiger partial charge is 0.00984 e. The van der Waals surface area contributed by atoms with Crippen LogP contribution in [0.1, 0.15) is 44.7 Å². The highest BCUT2D eigenvalue weighted by atomic mass is 14.4. The predicted octanol–water partition coefficient (Wildman–Crippen LogP) is 6.85. The number of rotatable bonds is 8. The normalized spacial score (nSPS) is 13.3. The number of nitrogens with one attached hydrogen (secondary N) is 1. The molecule has 0 aromatic heterocycles. The van der Waals surface area contributed by atoms with Crippen molar-refractivity contribution in [2.75, 3.05) is 0 Å². The Bertz CT molecular complexity index is 724. The molecule has 2 aromatic rings. The third-order valence-corrected chi connectivity index (χ3v) is 5.09. The van der Waals surface area contributed by atoms with Gasteiger partial charge in [-0.3, -0.25) is 0 Å². The third kappa shape index (κ3) is 4.92. The average Bonchev–Trinajstić information content (AvgIpc) is 2.58. The van der Waals surface area contributed by atoms with E-state index in [0.717, 1.165) is 25.0 Å². The van der Waals surface area contributed by atoms with E-state index in [1.54, 1.807) is 0 Å². The first-order valence-electron chi connectivity index (χ1n) is 9.29. The second-order valence-corrected chi connectivity index (χ2v) is 7.26. The predicted molar refractivity (Wildman–Crippen MR) is 110 cm³/mol. The van der Waals surface area contributed by atoms with Gasteiger partial charge in [0.05, 0.1) is 0 Å². The lowest BCUT2D eigenvalue weighted by Crippen LogP contribution is -2.25. The van der Waals surface area contributed by atoms with E-state index in [9.17, 15) is 0 Å². The van der Waals surface area contributed by atoms with Crippen LogP contribution in [0.3, 0.4) is 0 Å². The monoisotopic (exact) mass is 333 g/mol. The molecule has 0 aliphatic carbocycles. The van der Waals surface area contributed by atoms with Crippen molar-refractivity contribution in [3.05, 3.63) is 71.8 Å². The van der Waals surface area contributed by atoms with Crippen molar-refractivity contribution in [3.8, 4) is 11.1 Å². The lowest BCUT2D eigenvalue weighted by atomic mass is 9.77. The maximum absolute atomic E-state index is 8.37. The molecule has 2 rings (SSSR count). The standard InChI is InChI=1S/C24H31N/c1-6-9-22(17(2)3)24(19(5)25)16-21-10-7-8-11-23(21)20-14-12-18(4)13-15-20/h7-8,10-15,22,24-25H,2,6,9,16H2,1,3-5H3/t22-,24-/m1/s1. The fraction of sp³-hybridized carbons (Fsp3) is 0.375. The van der Waals surface area contributed by atoms with Crippen molar-refractivity contribution >= 4 is 5.71 Å². The van der Waals surface area contributed by atoms with Crippen LogP contribution in [-0.4, -0.2) is 5.71 Å². The van der Waals surface area contributed by atoms with Gasteiger partial charge in [-0.25, -0.2) is 0 Å². The zero-order chi connectivity index (χ0) is 18.4. The highest BCUT2D eigenvalue weighted by Gasteiger charge is 2.24. The van der Waals surface area contributed by atoms with Gasteiger partial charge in [0.25, 0.3) is 0 Å². The SMILES string of the molecule is C=C(C)[C@@H](CCC)[C@H](Cc1ccccc1-c1ccc(C)cc1)C(C)=N. The first-order valence-corrected chi connectivity index (χ1v) is 9.29. The lowest BCUT2D eigenvalue weighted by Gasteiger charge is -2.28. The fourth-order valence-corrected chi connectivity index (χ4v) is 3.65. The van der Waals surface area contributed by atoms with E-state index in [2.05, 4.69) is 75.9 Å². The molecule has 132 valence electrons. The summed E-state index contributed by atoms with van der Waals surface area (Å²) in [5, 5.41) is 8.37. The quantitative estimate of drug-likeness (QED) is 0.403. The second-order valence-electron chi connectivity index (χ2n) is 7.26. The van der Waals surface area contributed by atoms with Crippen LogP contribution >= 0.6 is 0 Å². The van der Waals surface area contributed by atoms with Crippen LogP contribution in [-0.2, 0) is 6.42 Å². The Balaban J connectivity index is 2.38. The first-order chi connectivity index (χ1) is 11.9. The van der Waals surface area contributed by atoms with E-state index in [-0.39, 0.29) is 5.92 Å². The molecule has 0 aliphatic rings. The van der Waals surface area contributed by atoms with E-state index in [1.165, 1.54) is 27.8 Å². The molecular formula is C24H31N. The molecule has 0 radical (unpaired) electrons. The van der Waals surface area contributed by atoms with E-state index in [1.807, 2.05) is 6.92 Å². The molecule has 0 saturated heterocycles. The van der Waals surface area contributed by atoms with Crippen LogP contribution in [0.15, 0.2) is 60.7 Å². The summed E-state index contributed by atoms with van der Waals surface area (Å²) in [6.07, 6.45) is 3.13. The van der Waals surface area contributed by atoms with Crippen molar-refractivity contribution in [1.82, 2.24) is 0 Å². The topological polar surface area (TPSA) is 23.9 Å². The molecule has 0 amide bonds. The Labute approximate surface area is 153 Å². The molecule has 2 atom stereocenters. The molecule has 0 heterocycles. The molecule has 0 saturated carbocycles. The molecule has 0 bridgehead atoms. The summed E-state index contributed by atoms with van der Waals surface area (Å²) >= 11 is 0. The molecule has 25 heavy (non-hydrogen) atoms. The molecule has 1 N–H and O–H groups in total. The summed E-state index contributed by atoms with van der Waals surface area (Å²) in [5.74, 6) is 0.609. The average molecular weight is 334 g/mol. The summed E-state index contributed by atoms with van der Waals surface area (Å²) in [4.78, 5) is 0. The van der Waals surface area contributed by atoms with Gasteiger partial charge in [0.2, 0.25) is 0 Å². The molecule has 1 nitrogen and oxygen atoms in total. The van der Waals surface area contributed by atoms with Crippen molar-refractivity contribution < 1.29 is 0 Å². The van der Waals surface area contributed by atoms with Crippen molar-refractivity contribution in [3.63, 3.8) is 0 Å². The van der Waals surface area contributed by atoms with Crippen LogP contribution in [0.2, 0.25) is 0 Å². The fourth-order valence-electron chi connectivity index (χ4n) is 3.65. The summed E-state index contributed by atoms with van der Waals surface area (Å²) < 4.78 is 0. The largest absolute Gasteiger partial charge is 0.310 e. The Kier molecular flexibility index (Phi) is 6.75. The second kappa shape index (κ2) is 8.80. The minimum Gasteiger partial charge on any atom is -0.310 e. The van der Waals surface area contributed by atoms with Crippen LogP contribution < -0.4 is 0 Å². The first kappa shape index (κ1) is 19.2. The number of hydrogen-bond donors (Lipinski definition) is 1. The number of hydrogen-bond acceptors (Lipinski definition) is 1. The number of allylic oxidation sites excluding steroid dienone is 1. The molecular weight excluding hydrogens is 302 g/mol. The lowest BCUT2D eigenvalue weighted by molar-refractivity contribution is 0.438. The van der Waals surface area contributed by atoms with Gasteiger partial charge in [0.1, 0.15) is 0 Å². The van der Waals surface area contributed by atoms with Gasteiger partial charge >= 0.3 is 0 Å². The van der Waals surface area contributed by atoms with Gasteiger partial charge in [0, 0.05) is 11.6 Å². The van der Waals surface area contributed by atoms with Crippen molar-refractivity contribution in [2.45, 2.75) is 47.0 Å². The zero-order valence-electron chi connectivity index (χ0n) is 16.1. The van der Waals surface area contributed by atoms with Gasteiger partial charge in [0.15, 0.2) is 0 Å². The van der Waals surface area contributed by atoms with Crippen molar-refractivity contribution in [1.29, 1.82) is 5.41 Å². The molecule has 2 aromatic carbocycles. The molecule has 1 heteroatoms. The van der Waals surface area contributed by atoms with Crippen molar-refractivity contribution in [2.24, 2.45) is 11.8 Å². The van der Waals surface area contributed by atoms with Gasteiger partial charge in [-0.05, 0) is 56.2 Å². The van der Waals surface area contributed by atoms with Gasteiger partial charge in [-0.15, -0.1) is 0 Å². The maximum Gasteiger partial charge on any atom is 0.00984 e. The Hall–Kier alpha value is -2.15. The van der Waals surface area contributed by atoms with Crippen LogP contribution in [0.4, 0.5) is 0 Å². The summed E-state index contributed by atoms with van der Waals surface area (Å²) in [5.41, 5.74) is 7.10. The van der Waals surface area contributed by atoms with E-state index in [4.69, 9.17) is 5.41 Å². The van der Waals surface area contributed by atoms with Crippen LogP contribution in [0, 0.1) is 24.2 Å². The van der Waals surface area contributed by atoms with Gasteiger partial charge in [-0.2, -0.15) is 0 Å². The van der Waals surface area contributed by atoms with Gasteiger partial charge in [-0.1, -0.05) is 79.6 Å². The Morgan fingerprint density at radius 1 is 1.00 bits per heavy atom. The van der Waals surface area contributed by atoms with Crippen LogP contribution in [0.25, 0.3) is 11.1 Å². The zero-order valence-corrected chi connectivity index (χ0v) is 16.1. The highest BCUT2D eigenvalue weighted by molar-refractivity contribution is 5.82. The highest BCUT2D eigenvalue weighted by Crippen LogP contribution is 2.32. The summed E-state index contributed by atoms with van der Waals surface area (Å²) in [6, 6.07) is 17.4. The number of benzene rings is 2. The number of aryl methyl sites for hydroxylation is 1. The van der Waals surface area contributed by atoms with Crippen LogP contribution in [0.5, 0.6) is 0 Å². The molecule has 0 spiro atoms. The maximum atomic E-state index is 8.37. The summed E-state index contributed by atoms with van der Waals surface area (Å²) in [6.45, 7) is 12.6. The van der Waals surface area contributed by atoms with Gasteiger partial charge < -0.3 is 5.41 Å². The molecule has 0 unspecified atom stereocenters. The Morgan fingerprint density at radius 2 is 1.64 bits per heavy atom. The molecule has 0 fully saturated rings. The Morgan fingerprint density at radius 3 is 2.20 bits per heavy atom. The van der Waals surface area contributed by atoms with E-state index in [0.29, 0.717) is 5.92 Å². The minimum absolute atomic E-state index is 0.226. The minimum atomic E-state index is 0.226.